The summed E-state index contributed by atoms with van der Waals surface area (Å²) in [6.07, 6.45) is 5.07. The molecule has 2 fully saturated rings. The molecule has 0 spiro atoms. The summed E-state index contributed by atoms with van der Waals surface area (Å²) in [6, 6.07) is 21.7. The summed E-state index contributed by atoms with van der Waals surface area (Å²) in [5, 5.41) is 15.1. The van der Waals surface area contributed by atoms with E-state index in [1.807, 2.05) is 48.5 Å². The maximum absolute atomic E-state index is 13.3. The fourth-order valence-corrected chi connectivity index (χ4v) is 4.70. The van der Waals surface area contributed by atoms with Gasteiger partial charge in [0.2, 0.25) is 0 Å². The SMILES string of the molecule is O=C(O)C1(c2ccc(C3(Nc4nccc5cccc(Oc6ccc(F)cc6)c45)CC3)cc2)CC1. The van der Waals surface area contributed by atoms with Crippen molar-refractivity contribution in [2.24, 2.45) is 0 Å². The maximum Gasteiger partial charge on any atom is 0.314 e. The van der Waals surface area contributed by atoms with Crippen LogP contribution < -0.4 is 10.1 Å². The zero-order valence-corrected chi connectivity index (χ0v) is 18.4. The Labute approximate surface area is 196 Å². The van der Waals surface area contributed by atoms with Gasteiger partial charge in [0.1, 0.15) is 23.1 Å². The number of nitrogens with one attached hydrogen (secondary N) is 1. The van der Waals surface area contributed by atoms with Gasteiger partial charge in [0.15, 0.2) is 0 Å². The van der Waals surface area contributed by atoms with E-state index in [1.165, 1.54) is 12.1 Å². The number of benzene rings is 3. The third-order valence-corrected chi connectivity index (χ3v) is 7.05. The lowest BCUT2D eigenvalue weighted by molar-refractivity contribution is -0.140. The molecule has 6 rings (SSSR count). The number of ether oxygens (including phenoxy) is 1. The van der Waals surface area contributed by atoms with E-state index in [0.717, 1.165) is 40.6 Å². The largest absolute Gasteiger partial charge is 0.481 e. The molecule has 0 unspecified atom stereocenters. The number of carboxylic acids is 1. The number of aromatic nitrogens is 1. The quantitative estimate of drug-likeness (QED) is 0.339. The Bertz CT molecular complexity index is 1390. The second kappa shape index (κ2) is 7.55. The number of hydrogen-bond donors (Lipinski definition) is 2. The van der Waals surface area contributed by atoms with Crippen LogP contribution in [-0.2, 0) is 15.7 Å². The number of anilines is 1. The number of hydrogen-bond acceptors (Lipinski definition) is 4. The Kier molecular flexibility index (Phi) is 4.59. The van der Waals surface area contributed by atoms with Gasteiger partial charge in [-0.15, -0.1) is 0 Å². The molecule has 6 heteroatoms. The summed E-state index contributed by atoms with van der Waals surface area (Å²) in [6.45, 7) is 0. The molecule has 4 aromatic rings. The lowest BCUT2D eigenvalue weighted by atomic mass is 9.93. The number of pyridine rings is 1. The van der Waals surface area contributed by atoms with E-state index < -0.39 is 11.4 Å². The lowest BCUT2D eigenvalue weighted by Crippen LogP contribution is -2.22. The zero-order valence-electron chi connectivity index (χ0n) is 18.4. The van der Waals surface area contributed by atoms with Gasteiger partial charge >= 0.3 is 5.97 Å². The number of aliphatic carboxylic acids is 1. The van der Waals surface area contributed by atoms with Gasteiger partial charge in [0.05, 0.1) is 16.3 Å². The van der Waals surface area contributed by atoms with Crippen LogP contribution in [0.3, 0.4) is 0 Å². The molecule has 2 saturated carbocycles. The highest BCUT2D eigenvalue weighted by molar-refractivity contribution is 5.97. The van der Waals surface area contributed by atoms with Crippen LogP contribution in [0, 0.1) is 5.82 Å². The molecular weight excluding hydrogens is 431 g/mol. The van der Waals surface area contributed by atoms with E-state index in [0.29, 0.717) is 24.3 Å². The lowest BCUT2D eigenvalue weighted by Gasteiger charge is -2.22. The van der Waals surface area contributed by atoms with E-state index in [-0.39, 0.29) is 11.4 Å². The molecule has 0 aliphatic heterocycles. The number of fused-ring (bicyclic) bond motifs is 1. The van der Waals surface area contributed by atoms with Crippen molar-refractivity contribution < 1.29 is 19.0 Å². The Morgan fingerprint density at radius 2 is 1.62 bits per heavy atom. The predicted octanol–water partition coefficient (Wildman–Crippen LogP) is 6.38. The van der Waals surface area contributed by atoms with Crippen LogP contribution in [0.15, 0.2) is 79.0 Å². The van der Waals surface area contributed by atoms with Crippen molar-refractivity contribution in [3.8, 4) is 11.5 Å². The summed E-state index contributed by atoms with van der Waals surface area (Å²) in [7, 11) is 0. The standard InChI is InChI=1S/C28H23FN2O3/c29-21-8-10-22(11-9-21)34-23-3-1-2-18-12-17-30-25(24(18)23)31-28(15-16-28)20-6-4-19(5-7-20)27(13-14-27)26(32)33/h1-12,17H,13-16H2,(H,30,31)(H,32,33). The van der Waals surface area contributed by atoms with Crippen molar-refractivity contribution in [3.63, 3.8) is 0 Å². The first kappa shape index (κ1) is 20.7. The van der Waals surface area contributed by atoms with Gasteiger partial charge in [-0.25, -0.2) is 9.37 Å². The Morgan fingerprint density at radius 3 is 2.26 bits per heavy atom. The molecule has 170 valence electrons. The zero-order chi connectivity index (χ0) is 23.3. The maximum atomic E-state index is 13.3. The molecule has 0 atom stereocenters. The van der Waals surface area contributed by atoms with Gasteiger partial charge in [-0.1, -0.05) is 36.4 Å². The van der Waals surface area contributed by atoms with Gasteiger partial charge in [0.25, 0.3) is 0 Å². The van der Waals surface area contributed by atoms with Gasteiger partial charge in [-0.3, -0.25) is 4.79 Å². The number of carboxylic acid groups (broad SMARTS) is 1. The topological polar surface area (TPSA) is 71.5 Å². The molecule has 2 N–H and O–H groups in total. The first-order valence-corrected chi connectivity index (χ1v) is 11.4. The highest BCUT2D eigenvalue weighted by atomic mass is 19.1. The second-order valence-corrected chi connectivity index (χ2v) is 9.24. The van der Waals surface area contributed by atoms with Crippen LogP contribution in [0.4, 0.5) is 10.2 Å². The van der Waals surface area contributed by atoms with E-state index >= 15 is 0 Å². The molecule has 1 aromatic heterocycles. The number of carbonyl (C=O) groups is 1. The average Bonchev–Trinajstić information content (AvgIpc) is 3.77. The molecule has 2 aliphatic carbocycles. The highest BCUT2D eigenvalue weighted by Crippen LogP contribution is 2.52. The van der Waals surface area contributed by atoms with Crippen LogP contribution in [0.2, 0.25) is 0 Å². The van der Waals surface area contributed by atoms with E-state index in [2.05, 4.69) is 10.3 Å². The summed E-state index contributed by atoms with van der Waals surface area (Å²) in [4.78, 5) is 16.3. The fourth-order valence-electron chi connectivity index (χ4n) is 4.70. The normalized spacial score (nSPS) is 17.2. The third kappa shape index (κ3) is 3.46. The van der Waals surface area contributed by atoms with Crippen molar-refractivity contribution in [1.29, 1.82) is 0 Å². The number of rotatable bonds is 7. The Morgan fingerprint density at radius 1 is 0.912 bits per heavy atom. The van der Waals surface area contributed by atoms with Crippen LogP contribution in [-0.4, -0.2) is 16.1 Å². The molecule has 34 heavy (non-hydrogen) atoms. The van der Waals surface area contributed by atoms with Crippen molar-refractivity contribution in [2.75, 3.05) is 5.32 Å². The Hall–Kier alpha value is -3.93. The monoisotopic (exact) mass is 454 g/mol. The first-order chi connectivity index (χ1) is 16.5. The molecule has 0 radical (unpaired) electrons. The number of halogens is 1. The first-order valence-electron chi connectivity index (χ1n) is 11.4. The molecule has 2 aliphatic rings. The van der Waals surface area contributed by atoms with Crippen LogP contribution in [0.5, 0.6) is 11.5 Å². The molecule has 1 heterocycles. The molecule has 0 saturated heterocycles. The van der Waals surface area contributed by atoms with Gasteiger partial charge in [-0.2, -0.15) is 0 Å². The molecule has 0 bridgehead atoms. The van der Waals surface area contributed by atoms with E-state index in [9.17, 15) is 14.3 Å². The molecule has 5 nitrogen and oxygen atoms in total. The smallest absolute Gasteiger partial charge is 0.314 e. The van der Waals surface area contributed by atoms with Crippen molar-refractivity contribution in [2.45, 2.75) is 36.6 Å². The van der Waals surface area contributed by atoms with Crippen LogP contribution >= 0.6 is 0 Å². The third-order valence-electron chi connectivity index (χ3n) is 7.05. The molecule has 0 amide bonds. The van der Waals surface area contributed by atoms with Gasteiger partial charge in [-0.05, 0) is 78.6 Å². The molecule has 3 aromatic carbocycles. The minimum Gasteiger partial charge on any atom is -0.481 e. The van der Waals surface area contributed by atoms with Crippen molar-refractivity contribution in [1.82, 2.24) is 4.98 Å². The highest BCUT2D eigenvalue weighted by Gasteiger charge is 2.52. The summed E-state index contributed by atoms with van der Waals surface area (Å²) < 4.78 is 19.4. The van der Waals surface area contributed by atoms with Crippen molar-refractivity contribution >= 4 is 22.6 Å². The average molecular weight is 455 g/mol. The molecular formula is C28H23FN2O3. The Balaban J connectivity index is 1.33. The summed E-state index contributed by atoms with van der Waals surface area (Å²) in [5.41, 5.74) is 1.04. The summed E-state index contributed by atoms with van der Waals surface area (Å²) >= 11 is 0. The minimum absolute atomic E-state index is 0.247. The minimum atomic E-state index is -0.742. The number of nitrogens with zero attached hydrogens (tertiary/aromatic N) is 1. The van der Waals surface area contributed by atoms with Crippen LogP contribution in [0.1, 0.15) is 36.8 Å². The second-order valence-electron chi connectivity index (χ2n) is 9.24. The van der Waals surface area contributed by atoms with E-state index in [4.69, 9.17) is 4.74 Å². The predicted molar refractivity (Wildman–Crippen MR) is 128 cm³/mol. The van der Waals surface area contributed by atoms with Crippen molar-refractivity contribution in [3.05, 3.63) is 95.9 Å². The van der Waals surface area contributed by atoms with Gasteiger partial charge in [0, 0.05) is 6.20 Å². The fraction of sp³-hybridized carbons (Fsp3) is 0.214. The van der Waals surface area contributed by atoms with Gasteiger partial charge < -0.3 is 15.2 Å². The summed E-state index contributed by atoms with van der Waals surface area (Å²) in [5.74, 6) is 0.858. The van der Waals surface area contributed by atoms with Crippen LogP contribution in [0.25, 0.3) is 10.8 Å². The van der Waals surface area contributed by atoms with E-state index in [1.54, 1.807) is 18.3 Å².